The van der Waals surface area contributed by atoms with Crippen LogP contribution in [0.4, 0.5) is 5.69 Å². The zero-order valence-corrected chi connectivity index (χ0v) is 12.6. The van der Waals surface area contributed by atoms with Crippen molar-refractivity contribution in [2.45, 2.75) is 25.4 Å². The topological polar surface area (TPSA) is 99.7 Å². The summed E-state index contributed by atoms with van der Waals surface area (Å²) in [4.78, 5) is 14.2. The van der Waals surface area contributed by atoms with Gasteiger partial charge in [0.15, 0.2) is 0 Å². The Morgan fingerprint density at radius 3 is 3.09 bits per heavy atom. The number of nitriles is 1. The highest BCUT2D eigenvalue weighted by Gasteiger charge is 2.23. The molecular weight excluding hydrogens is 294 g/mol. The third-order valence-electron chi connectivity index (χ3n) is 3.85. The molecule has 3 rings (SSSR count). The Labute approximate surface area is 133 Å². The zero-order valence-electron chi connectivity index (χ0n) is 12.6. The van der Waals surface area contributed by atoms with Crippen molar-refractivity contribution in [3.05, 3.63) is 36.2 Å². The van der Waals surface area contributed by atoms with Gasteiger partial charge in [0.25, 0.3) is 0 Å². The number of rotatable bonds is 4. The summed E-state index contributed by atoms with van der Waals surface area (Å²) < 4.78 is 1.39. The molecule has 1 aromatic heterocycles. The molecule has 1 aliphatic heterocycles. The number of piperidine rings is 1. The average Bonchev–Trinajstić information content (AvgIpc) is 3.07. The number of amides is 1. The molecule has 1 fully saturated rings. The second kappa shape index (κ2) is 6.87. The first-order chi connectivity index (χ1) is 11.3. The van der Waals surface area contributed by atoms with E-state index < -0.39 is 0 Å². The molecule has 1 N–H and O–H groups in total. The Morgan fingerprint density at radius 2 is 2.30 bits per heavy atom. The van der Waals surface area contributed by atoms with Gasteiger partial charge in [-0.1, -0.05) is 12.1 Å². The van der Waals surface area contributed by atoms with Crippen LogP contribution in [0.2, 0.25) is 0 Å². The molecule has 0 bridgehead atoms. The monoisotopic (exact) mass is 311 g/mol. The van der Waals surface area contributed by atoms with E-state index in [9.17, 15) is 10.1 Å². The fourth-order valence-electron chi connectivity index (χ4n) is 2.83. The van der Waals surface area contributed by atoms with Crippen LogP contribution >= 0.6 is 0 Å². The Bertz CT molecular complexity index is 707. The molecule has 118 valence electrons. The largest absolute Gasteiger partial charge is 0.368 e. The molecule has 8 heteroatoms. The summed E-state index contributed by atoms with van der Waals surface area (Å²) in [6, 6.07) is 9.83. The van der Waals surface area contributed by atoms with Crippen molar-refractivity contribution in [2.24, 2.45) is 0 Å². The minimum Gasteiger partial charge on any atom is -0.368 e. The van der Waals surface area contributed by atoms with Gasteiger partial charge in [-0.25, -0.2) is 4.68 Å². The lowest BCUT2D eigenvalue weighted by Gasteiger charge is -2.35. The van der Waals surface area contributed by atoms with Crippen LogP contribution in [-0.4, -0.2) is 45.2 Å². The van der Waals surface area contributed by atoms with Crippen LogP contribution in [-0.2, 0) is 11.3 Å². The van der Waals surface area contributed by atoms with Crippen LogP contribution in [0.15, 0.2) is 30.6 Å². The van der Waals surface area contributed by atoms with E-state index in [2.05, 4.69) is 31.8 Å². The van der Waals surface area contributed by atoms with E-state index in [1.807, 2.05) is 24.3 Å². The number of tetrazole rings is 1. The van der Waals surface area contributed by atoms with Gasteiger partial charge in [0, 0.05) is 19.1 Å². The number of nitrogens with zero attached hydrogens (tertiary/aromatic N) is 6. The number of hydrogen-bond donors (Lipinski definition) is 1. The minimum absolute atomic E-state index is 0.0551. The Balaban J connectivity index is 1.62. The summed E-state index contributed by atoms with van der Waals surface area (Å²) in [6.45, 7) is 1.69. The zero-order chi connectivity index (χ0) is 16.1. The van der Waals surface area contributed by atoms with E-state index in [4.69, 9.17) is 0 Å². The number of carbonyl (C=O) groups is 1. The first-order valence-corrected chi connectivity index (χ1v) is 7.50. The number of nitrogens with one attached hydrogen (secondary N) is 1. The van der Waals surface area contributed by atoms with Crippen molar-refractivity contribution in [2.75, 3.05) is 18.0 Å². The molecule has 0 aliphatic carbocycles. The fraction of sp³-hybridized carbons (Fsp3) is 0.400. The number of carbonyl (C=O) groups excluding carboxylic acids is 1. The van der Waals surface area contributed by atoms with Crippen LogP contribution in [0.1, 0.15) is 18.4 Å². The Morgan fingerprint density at radius 1 is 1.43 bits per heavy atom. The smallest absolute Gasteiger partial charge is 0.242 e. The molecular formula is C15H17N7O. The van der Waals surface area contributed by atoms with Crippen LogP contribution in [0.3, 0.4) is 0 Å². The van der Waals surface area contributed by atoms with Crippen LogP contribution in [0.5, 0.6) is 0 Å². The van der Waals surface area contributed by atoms with E-state index in [1.165, 1.54) is 11.0 Å². The summed E-state index contributed by atoms with van der Waals surface area (Å²) in [5.41, 5.74) is 1.59. The first-order valence-electron chi connectivity index (χ1n) is 7.50. The molecule has 1 aliphatic rings. The van der Waals surface area contributed by atoms with E-state index in [1.54, 1.807) is 0 Å². The Kier molecular flexibility index (Phi) is 4.47. The van der Waals surface area contributed by atoms with Gasteiger partial charge in [-0.15, -0.1) is 5.10 Å². The van der Waals surface area contributed by atoms with Gasteiger partial charge in [0.2, 0.25) is 5.91 Å². The molecule has 1 atom stereocenters. The molecule has 2 heterocycles. The summed E-state index contributed by atoms with van der Waals surface area (Å²) in [5.74, 6) is -0.113. The lowest BCUT2D eigenvalue weighted by molar-refractivity contribution is -0.122. The fourth-order valence-corrected chi connectivity index (χ4v) is 2.83. The predicted octanol–water partition coefficient (Wildman–Crippen LogP) is 0.330. The predicted molar refractivity (Wildman–Crippen MR) is 82.4 cm³/mol. The van der Waals surface area contributed by atoms with Gasteiger partial charge in [-0.05, 0) is 35.4 Å². The van der Waals surface area contributed by atoms with Crippen LogP contribution in [0.25, 0.3) is 0 Å². The normalized spacial score (nSPS) is 17.5. The molecule has 23 heavy (non-hydrogen) atoms. The Hall–Kier alpha value is -2.95. The maximum absolute atomic E-state index is 12.0. The number of benzene rings is 1. The second-order valence-corrected chi connectivity index (χ2v) is 5.49. The number of para-hydroxylation sites is 1. The van der Waals surface area contributed by atoms with Crippen molar-refractivity contribution < 1.29 is 4.79 Å². The maximum Gasteiger partial charge on any atom is 0.242 e. The molecule has 1 unspecified atom stereocenters. The van der Waals surface area contributed by atoms with Gasteiger partial charge < -0.3 is 10.2 Å². The van der Waals surface area contributed by atoms with Crippen molar-refractivity contribution in [1.29, 1.82) is 5.26 Å². The third-order valence-corrected chi connectivity index (χ3v) is 3.85. The second-order valence-electron chi connectivity index (χ2n) is 5.49. The highest BCUT2D eigenvalue weighted by Crippen LogP contribution is 2.23. The molecule has 1 saturated heterocycles. The quantitative estimate of drug-likeness (QED) is 0.873. The van der Waals surface area contributed by atoms with E-state index >= 15 is 0 Å². The molecule has 1 amide bonds. The number of anilines is 1. The van der Waals surface area contributed by atoms with Crippen molar-refractivity contribution in [3.8, 4) is 6.07 Å². The molecule has 2 aromatic rings. The van der Waals surface area contributed by atoms with Gasteiger partial charge in [-0.2, -0.15) is 5.26 Å². The number of aromatic nitrogens is 4. The van der Waals surface area contributed by atoms with E-state index in [0.29, 0.717) is 12.1 Å². The molecule has 0 radical (unpaired) electrons. The summed E-state index contributed by atoms with van der Waals surface area (Å²) in [6.07, 6.45) is 3.30. The average molecular weight is 311 g/mol. The molecule has 1 aromatic carbocycles. The number of hydrogen-bond acceptors (Lipinski definition) is 6. The van der Waals surface area contributed by atoms with Gasteiger partial charge in [0.05, 0.1) is 11.3 Å². The molecule has 8 nitrogen and oxygen atoms in total. The first kappa shape index (κ1) is 15.0. The summed E-state index contributed by atoms with van der Waals surface area (Å²) >= 11 is 0. The standard InChI is InChI=1S/C15H17N7O/c16-8-12-4-1-2-6-14(12)21-7-3-5-13(9-21)18-15(23)10-22-11-17-19-20-22/h1-2,4,6,11,13H,3,5,7,9-10H2,(H,18,23). The molecule has 0 spiro atoms. The summed E-state index contributed by atoms with van der Waals surface area (Å²) in [7, 11) is 0. The third kappa shape index (κ3) is 3.63. The molecule has 0 saturated carbocycles. The van der Waals surface area contributed by atoms with Crippen molar-refractivity contribution in [1.82, 2.24) is 25.5 Å². The lowest BCUT2D eigenvalue weighted by Crippen LogP contribution is -2.48. The minimum atomic E-state index is -0.113. The summed E-state index contributed by atoms with van der Waals surface area (Å²) in [5, 5.41) is 22.9. The van der Waals surface area contributed by atoms with Gasteiger partial charge in [0.1, 0.15) is 18.9 Å². The lowest BCUT2D eigenvalue weighted by atomic mass is 10.0. The van der Waals surface area contributed by atoms with Crippen LogP contribution < -0.4 is 10.2 Å². The maximum atomic E-state index is 12.0. The highest BCUT2D eigenvalue weighted by molar-refractivity contribution is 5.76. The highest BCUT2D eigenvalue weighted by atomic mass is 16.2. The van der Waals surface area contributed by atoms with E-state index in [-0.39, 0.29) is 18.5 Å². The van der Waals surface area contributed by atoms with Gasteiger partial charge in [-0.3, -0.25) is 4.79 Å². The SMILES string of the molecule is N#Cc1ccccc1N1CCCC(NC(=O)Cn2cnnn2)C1. The van der Waals surface area contributed by atoms with Crippen molar-refractivity contribution >= 4 is 11.6 Å². The van der Waals surface area contributed by atoms with Crippen LogP contribution in [0, 0.1) is 11.3 Å². The van der Waals surface area contributed by atoms with Crippen molar-refractivity contribution in [3.63, 3.8) is 0 Å². The van der Waals surface area contributed by atoms with Gasteiger partial charge >= 0.3 is 0 Å². The van der Waals surface area contributed by atoms with E-state index in [0.717, 1.165) is 25.1 Å².